The number of allylic oxidation sites excluding steroid dienone is 4. The van der Waals surface area contributed by atoms with E-state index in [1.54, 1.807) is 6.08 Å². The number of aliphatic hydroxyl groups is 1. The zero-order valence-corrected chi connectivity index (χ0v) is 16.1. The summed E-state index contributed by atoms with van der Waals surface area (Å²) in [5.74, 6) is 0.118. The minimum atomic E-state index is -1.32. The number of carbonyl (C=O) groups is 2. The fraction of sp³-hybridized carbons (Fsp3) is 0.727. The van der Waals surface area contributed by atoms with Crippen molar-refractivity contribution in [3.8, 4) is 0 Å². The Hall–Kier alpha value is -1.29. The van der Waals surface area contributed by atoms with Gasteiger partial charge >= 0.3 is 0 Å². The minimum absolute atomic E-state index is 0.111. The van der Waals surface area contributed by atoms with Gasteiger partial charge in [0.25, 0.3) is 0 Å². The molecule has 0 aromatic carbocycles. The molecule has 26 heavy (non-hydrogen) atoms. The van der Waals surface area contributed by atoms with Crippen LogP contribution in [0.25, 0.3) is 0 Å². The Bertz CT molecular complexity index is 740. The number of alkyl halides is 1. The number of ketones is 2. The third-order valence-corrected chi connectivity index (χ3v) is 8.66. The minimum Gasteiger partial charge on any atom is -0.381 e. The Balaban J connectivity index is 1.77. The molecule has 4 rings (SSSR count). The second-order valence-electron chi connectivity index (χ2n) is 9.61. The first-order chi connectivity index (χ1) is 12.1. The number of fused-ring (bicyclic) bond motifs is 5. The molecule has 8 atom stereocenters. The van der Waals surface area contributed by atoms with Gasteiger partial charge in [-0.15, -0.1) is 0 Å². The molecular formula is C22H29FO3. The maximum absolute atomic E-state index is 15.2. The van der Waals surface area contributed by atoms with Crippen LogP contribution in [0.1, 0.15) is 53.4 Å². The summed E-state index contributed by atoms with van der Waals surface area (Å²) >= 11 is 0. The van der Waals surface area contributed by atoms with E-state index in [4.69, 9.17) is 0 Å². The lowest BCUT2D eigenvalue weighted by atomic mass is 9.46. The molecular weight excluding hydrogens is 331 g/mol. The van der Waals surface area contributed by atoms with Crippen LogP contribution in [0.4, 0.5) is 4.39 Å². The zero-order chi connectivity index (χ0) is 19.1. The predicted molar refractivity (Wildman–Crippen MR) is 97.1 cm³/mol. The van der Waals surface area contributed by atoms with Crippen molar-refractivity contribution in [2.45, 2.75) is 65.2 Å². The average molecular weight is 360 g/mol. The van der Waals surface area contributed by atoms with Crippen molar-refractivity contribution in [2.75, 3.05) is 0 Å². The van der Waals surface area contributed by atoms with Crippen molar-refractivity contribution in [3.05, 3.63) is 23.8 Å². The summed E-state index contributed by atoms with van der Waals surface area (Å²) in [5, 5.41) is 11.4. The van der Waals surface area contributed by atoms with Crippen LogP contribution in [-0.4, -0.2) is 28.4 Å². The summed E-state index contributed by atoms with van der Waals surface area (Å²) in [5.41, 5.74) is -1.62. The summed E-state index contributed by atoms with van der Waals surface area (Å²) in [4.78, 5) is 24.2. The van der Waals surface area contributed by atoms with Gasteiger partial charge in [-0.2, -0.15) is 0 Å². The second-order valence-corrected chi connectivity index (χ2v) is 9.61. The van der Waals surface area contributed by atoms with E-state index in [2.05, 4.69) is 6.92 Å². The first kappa shape index (κ1) is 18.1. The standard InChI is InChI=1S/C22H29FO3/c1-12-9-17-15-11-19(23)18-10-14(25)5-7-20(18,3)16(15)6-8-21(17,4)22(12,26)13(2)24/h5,7,10,12,15-17,19,26H,6,8-9,11H2,1-4H3/t12-,15-,16+,17+,19+,20-,21+,22+/m1/s1. The smallest absolute Gasteiger partial charge is 0.178 e. The SMILES string of the molecule is CC(=O)[C@@]1(O)[C@H](C)C[C@H]2[C@@H]3C[C@H](F)C4=CC(=O)C=C[C@]4(C)[C@H]3CC[C@@]21C. The molecule has 0 heterocycles. The highest BCUT2D eigenvalue weighted by Gasteiger charge is 2.68. The largest absolute Gasteiger partial charge is 0.381 e. The summed E-state index contributed by atoms with van der Waals surface area (Å²) in [6, 6.07) is 0. The van der Waals surface area contributed by atoms with Gasteiger partial charge in [-0.05, 0) is 74.0 Å². The van der Waals surface area contributed by atoms with Crippen LogP contribution in [0.3, 0.4) is 0 Å². The van der Waals surface area contributed by atoms with E-state index in [0.717, 1.165) is 19.3 Å². The average Bonchev–Trinajstić information content (AvgIpc) is 2.78. The fourth-order valence-corrected chi connectivity index (χ4v) is 7.29. The van der Waals surface area contributed by atoms with E-state index in [9.17, 15) is 14.7 Å². The van der Waals surface area contributed by atoms with Crippen LogP contribution >= 0.6 is 0 Å². The van der Waals surface area contributed by atoms with Crippen LogP contribution in [0.15, 0.2) is 23.8 Å². The van der Waals surface area contributed by atoms with E-state index in [1.165, 1.54) is 13.0 Å². The van der Waals surface area contributed by atoms with Gasteiger partial charge in [0.05, 0.1) is 0 Å². The first-order valence-corrected chi connectivity index (χ1v) is 9.88. The summed E-state index contributed by atoms with van der Waals surface area (Å²) < 4.78 is 15.2. The molecule has 0 spiro atoms. The highest BCUT2D eigenvalue weighted by Crippen LogP contribution is 2.68. The van der Waals surface area contributed by atoms with E-state index >= 15 is 4.39 Å². The molecule has 0 aromatic rings. The predicted octanol–water partition coefficient (Wildman–Crippen LogP) is 3.81. The van der Waals surface area contributed by atoms with Crippen LogP contribution in [-0.2, 0) is 9.59 Å². The molecule has 142 valence electrons. The molecule has 0 bridgehead atoms. The van der Waals surface area contributed by atoms with Gasteiger partial charge in [-0.3, -0.25) is 9.59 Å². The number of rotatable bonds is 1. The second kappa shape index (κ2) is 5.37. The van der Waals surface area contributed by atoms with Crippen LogP contribution < -0.4 is 0 Å². The van der Waals surface area contributed by atoms with Crippen molar-refractivity contribution < 1.29 is 19.1 Å². The number of hydrogen-bond donors (Lipinski definition) is 1. The van der Waals surface area contributed by atoms with Crippen molar-refractivity contribution in [2.24, 2.45) is 34.5 Å². The van der Waals surface area contributed by atoms with Gasteiger partial charge in [-0.1, -0.05) is 26.8 Å². The maximum atomic E-state index is 15.2. The zero-order valence-electron chi connectivity index (χ0n) is 16.1. The van der Waals surface area contributed by atoms with Gasteiger partial charge in [0.15, 0.2) is 11.6 Å². The maximum Gasteiger partial charge on any atom is 0.178 e. The van der Waals surface area contributed by atoms with E-state index in [-0.39, 0.29) is 35.2 Å². The number of carbonyl (C=O) groups excluding carboxylic acids is 2. The fourth-order valence-electron chi connectivity index (χ4n) is 7.29. The Kier molecular flexibility index (Phi) is 3.74. The van der Waals surface area contributed by atoms with Gasteiger partial charge in [-0.25, -0.2) is 4.39 Å². The molecule has 4 aliphatic rings. The third kappa shape index (κ3) is 1.97. The van der Waals surface area contributed by atoms with Gasteiger partial charge in [0.2, 0.25) is 0 Å². The molecule has 4 aliphatic carbocycles. The third-order valence-electron chi connectivity index (χ3n) is 8.66. The molecule has 0 aliphatic heterocycles. The lowest BCUT2D eigenvalue weighted by Gasteiger charge is -2.58. The van der Waals surface area contributed by atoms with Crippen LogP contribution in [0, 0.1) is 34.5 Å². The topological polar surface area (TPSA) is 54.4 Å². The summed E-state index contributed by atoms with van der Waals surface area (Å²) in [6.07, 6.45) is 6.63. The number of hydrogen-bond acceptors (Lipinski definition) is 3. The van der Waals surface area contributed by atoms with Crippen molar-refractivity contribution in [3.63, 3.8) is 0 Å². The van der Waals surface area contributed by atoms with E-state index in [0.29, 0.717) is 12.0 Å². The molecule has 0 radical (unpaired) electrons. The highest BCUT2D eigenvalue weighted by molar-refractivity contribution is 6.01. The van der Waals surface area contributed by atoms with E-state index in [1.807, 2.05) is 19.9 Å². The molecule has 0 saturated heterocycles. The lowest BCUT2D eigenvalue weighted by Crippen LogP contribution is -2.59. The quantitative estimate of drug-likeness (QED) is 0.774. The number of Topliss-reactive ketones (excluding diaryl/α,β-unsaturated/α-hetero) is 1. The molecule has 0 amide bonds. The molecule has 3 fully saturated rings. The molecule has 3 nitrogen and oxygen atoms in total. The van der Waals surface area contributed by atoms with Crippen molar-refractivity contribution in [1.82, 2.24) is 0 Å². The molecule has 4 heteroatoms. The van der Waals surface area contributed by atoms with E-state index < -0.39 is 22.6 Å². The highest BCUT2D eigenvalue weighted by atomic mass is 19.1. The van der Waals surface area contributed by atoms with Gasteiger partial charge < -0.3 is 5.11 Å². The molecule has 1 N–H and O–H groups in total. The lowest BCUT2D eigenvalue weighted by molar-refractivity contribution is -0.165. The van der Waals surface area contributed by atoms with Gasteiger partial charge in [0, 0.05) is 10.8 Å². The van der Waals surface area contributed by atoms with Crippen LogP contribution in [0.2, 0.25) is 0 Å². The molecule has 3 saturated carbocycles. The number of halogens is 1. The van der Waals surface area contributed by atoms with Crippen molar-refractivity contribution in [1.29, 1.82) is 0 Å². The summed E-state index contributed by atoms with van der Waals surface area (Å²) in [7, 11) is 0. The monoisotopic (exact) mass is 360 g/mol. The molecule has 0 aromatic heterocycles. The Labute approximate surface area is 154 Å². The first-order valence-electron chi connectivity index (χ1n) is 9.88. The van der Waals surface area contributed by atoms with Gasteiger partial charge in [0.1, 0.15) is 11.8 Å². The molecule has 0 unspecified atom stereocenters. The summed E-state index contributed by atoms with van der Waals surface area (Å²) in [6.45, 7) is 7.55. The van der Waals surface area contributed by atoms with Crippen LogP contribution in [0.5, 0.6) is 0 Å². The Morgan fingerprint density at radius 1 is 1.27 bits per heavy atom. The normalized spacial score (nSPS) is 52.8. The van der Waals surface area contributed by atoms with Crippen molar-refractivity contribution >= 4 is 11.6 Å². The Morgan fingerprint density at radius 3 is 2.62 bits per heavy atom. The Morgan fingerprint density at radius 2 is 1.96 bits per heavy atom.